The first-order valence-electron chi connectivity index (χ1n) is 6.92. The number of benzene rings is 1. The minimum Gasteiger partial charge on any atom is -0.319 e. The number of sulfone groups is 1. The Kier molecular flexibility index (Phi) is 4.65. The Morgan fingerprint density at radius 3 is 2.43 bits per heavy atom. The maximum Gasteiger partial charge on any atom is 0.276 e. The van der Waals surface area contributed by atoms with Gasteiger partial charge in [-0.15, -0.1) is 0 Å². The highest BCUT2D eigenvalue weighted by Crippen LogP contribution is 2.25. The normalized spacial score (nSPS) is 11.5. The van der Waals surface area contributed by atoms with Crippen molar-refractivity contribution >= 4 is 21.4 Å². The maximum atomic E-state index is 12.4. The number of aromatic nitrogens is 2. The second-order valence-corrected chi connectivity index (χ2v) is 7.70. The van der Waals surface area contributed by atoms with Crippen molar-refractivity contribution in [3.63, 3.8) is 0 Å². The Morgan fingerprint density at radius 1 is 1.17 bits per heavy atom. The summed E-state index contributed by atoms with van der Waals surface area (Å²) in [5, 5.41) is 5.76. The average Bonchev–Trinajstić information content (AvgIpc) is 2.50. The number of nitrogens with zero attached hydrogens (tertiary/aromatic N) is 2. The number of amides is 1. The largest absolute Gasteiger partial charge is 0.319 e. The minimum absolute atomic E-state index is 0.0175. The molecule has 0 fully saturated rings. The smallest absolute Gasteiger partial charge is 0.276 e. The molecule has 23 heavy (non-hydrogen) atoms. The van der Waals surface area contributed by atoms with Crippen molar-refractivity contribution in [2.45, 2.75) is 24.0 Å². The number of rotatable bonds is 4. The lowest BCUT2D eigenvalue weighted by atomic mass is 10.3. The number of aryl methyl sites for hydroxylation is 1. The Morgan fingerprint density at radius 2 is 1.83 bits per heavy atom. The summed E-state index contributed by atoms with van der Waals surface area (Å²) in [4.78, 5) is 23.6. The summed E-state index contributed by atoms with van der Waals surface area (Å²) in [5.41, 5.74) is -0.143. The third kappa shape index (κ3) is 3.48. The summed E-state index contributed by atoms with van der Waals surface area (Å²) in [5.74, 6) is -0.591. The van der Waals surface area contributed by atoms with Gasteiger partial charge in [-0.1, -0.05) is 12.1 Å². The number of nitrogens with one attached hydrogen (secondary N) is 1. The minimum atomic E-state index is -3.54. The van der Waals surface area contributed by atoms with E-state index < -0.39 is 21.0 Å². The summed E-state index contributed by atoms with van der Waals surface area (Å²) < 4.78 is 25.7. The number of carbonyl (C=O) groups is 1. The second kappa shape index (κ2) is 6.33. The number of carbonyl (C=O) groups excluding carboxylic acids is 1. The van der Waals surface area contributed by atoms with Crippen LogP contribution in [-0.2, 0) is 16.9 Å². The number of para-hydroxylation sites is 1. The van der Waals surface area contributed by atoms with Gasteiger partial charge < -0.3 is 5.32 Å². The molecule has 1 heterocycles. The number of hydrogen-bond acceptors (Lipinski definition) is 5. The molecule has 7 nitrogen and oxygen atoms in total. The highest BCUT2D eigenvalue weighted by Gasteiger charge is 2.23. The zero-order valence-electron chi connectivity index (χ0n) is 13.0. The molecule has 0 saturated carbocycles. The molecule has 0 spiro atoms. The van der Waals surface area contributed by atoms with Crippen LogP contribution in [0, 0.1) is 0 Å². The van der Waals surface area contributed by atoms with Crippen molar-refractivity contribution in [2.24, 2.45) is 7.05 Å². The lowest BCUT2D eigenvalue weighted by Gasteiger charge is -2.13. The predicted molar refractivity (Wildman–Crippen MR) is 86.2 cm³/mol. The fourth-order valence-electron chi connectivity index (χ4n) is 1.88. The summed E-state index contributed by atoms with van der Waals surface area (Å²) in [7, 11) is -2.11. The van der Waals surface area contributed by atoms with E-state index >= 15 is 0 Å². The van der Waals surface area contributed by atoms with E-state index in [1.54, 1.807) is 26.0 Å². The van der Waals surface area contributed by atoms with E-state index in [9.17, 15) is 18.0 Å². The summed E-state index contributed by atoms with van der Waals surface area (Å²) in [6.07, 6.45) is 0. The molecule has 1 amide bonds. The number of hydrogen-bond donors (Lipinski definition) is 1. The van der Waals surface area contributed by atoms with Gasteiger partial charge in [0.15, 0.2) is 9.84 Å². The summed E-state index contributed by atoms with van der Waals surface area (Å²) in [6, 6.07) is 8.68. The van der Waals surface area contributed by atoms with Crippen molar-refractivity contribution < 1.29 is 13.2 Å². The van der Waals surface area contributed by atoms with Gasteiger partial charge in [0.05, 0.1) is 15.8 Å². The molecule has 0 aliphatic carbocycles. The molecule has 8 heteroatoms. The fraction of sp³-hybridized carbons (Fsp3) is 0.267. The van der Waals surface area contributed by atoms with Gasteiger partial charge in [0.25, 0.3) is 11.5 Å². The molecule has 0 aliphatic rings. The molecule has 0 atom stereocenters. The Bertz CT molecular complexity index is 901. The molecule has 0 aliphatic heterocycles. The van der Waals surface area contributed by atoms with Gasteiger partial charge in [0, 0.05) is 13.1 Å². The van der Waals surface area contributed by atoms with Crippen LogP contribution in [0.3, 0.4) is 0 Å². The van der Waals surface area contributed by atoms with Crippen molar-refractivity contribution in [1.29, 1.82) is 0 Å². The molecule has 0 radical (unpaired) electrons. The van der Waals surface area contributed by atoms with Crippen LogP contribution >= 0.6 is 0 Å². The first-order chi connectivity index (χ1) is 10.7. The molecule has 0 saturated heterocycles. The molecule has 1 N–H and O–H groups in total. The quantitative estimate of drug-likeness (QED) is 0.906. The van der Waals surface area contributed by atoms with Gasteiger partial charge in [-0.2, -0.15) is 5.10 Å². The van der Waals surface area contributed by atoms with Gasteiger partial charge in [-0.25, -0.2) is 13.1 Å². The molecule has 2 aromatic rings. The third-order valence-electron chi connectivity index (χ3n) is 3.26. The molecule has 1 aromatic carbocycles. The van der Waals surface area contributed by atoms with Crippen molar-refractivity contribution in [3.05, 3.63) is 52.4 Å². The number of anilines is 1. The van der Waals surface area contributed by atoms with Crippen molar-refractivity contribution in [3.8, 4) is 0 Å². The monoisotopic (exact) mass is 335 g/mol. The van der Waals surface area contributed by atoms with Gasteiger partial charge in [-0.3, -0.25) is 9.59 Å². The van der Waals surface area contributed by atoms with Crippen LogP contribution in [0.25, 0.3) is 0 Å². The molecule has 1 aromatic heterocycles. The SMILES string of the molecule is CC(C)S(=O)(=O)c1ccccc1NC(=O)c1ccc(=O)n(C)n1. The average molecular weight is 335 g/mol. The molecule has 0 unspecified atom stereocenters. The van der Waals surface area contributed by atoms with Crippen LogP contribution in [0.5, 0.6) is 0 Å². The zero-order chi connectivity index (χ0) is 17.2. The summed E-state index contributed by atoms with van der Waals surface area (Å²) >= 11 is 0. The van der Waals surface area contributed by atoms with E-state index in [1.165, 1.54) is 31.3 Å². The van der Waals surface area contributed by atoms with E-state index in [1.807, 2.05) is 0 Å². The molecule has 122 valence electrons. The molecular weight excluding hydrogens is 318 g/mol. The first kappa shape index (κ1) is 16.9. The topological polar surface area (TPSA) is 98.1 Å². The lowest BCUT2D eigenvalue weighted by molar-refractivity contribution is 0.102. The van der Waals surface area contributed by atoms with Gasteiger partial charge >= 0.3 is 0 Å². The highest BCUT2D eigenvalue weighted by molar-refractivity contribution is 7.92. The second-order valence-electron chi connectivity index (χ2n) is 5.22. The van der Waals surface area contributed by atoms with Crippen LogP contribution in [0.1, 0.15) is 24.3 Å². The van der Waals surface area contributed by atoms with Gasteiger partial charge in [-0.05, 0) is 32.0 Å². The van der Waals surface area contributed by atoms with Crippen LogP contribution in [0.4, 0.5) is 5.69 Å². The standard InChI is InChI=1S/C15H17N3O4S/c1-10(2)23(21,22)13-7-5-4-6-11(13)16-15(20)12-8-9-14(19)18(3)17-12/h4-10H,1-3H3,(H,16,20). The molecular formula is C15H17N3O4S. The van der Waals surface area contributed by atoms with Gasteiger partial charge in [0.1, 0.15) is 5.69 Å². The van der Waals surface area contributed by atoms with Crippen LogP contribution in [0.2, 0.25) is 0 Å². The third-order valence-corrected chi connectivity index (χ3v) is 5.47. The Balaban J connectivity index is 2.39. The van der Waals surface area contributed by atoms with E-state index in [0.29, 0.717) is 0 Å². The molecule has 0 bridgehead atoms. The van der Waals surface area contributed by atoms with E-state index in [4.69, 9.17) is 0 Å². The van der Waals surface area contributed by atoms with Crippen LogP contribution in [0.15, 0.2) is 46.1 Å². The first-order valence-corrected chi connectivity index (χ1v) is 8.46. The van der Waals surface area contributed by atoms with E-state index in [-0.39, 0.29) is 21.8 Å². The lowest BCUT2D eigenvalue weighted by Crippen LogP contribution is -2.24. The fourth-order valence-corrected chi connectivity index (χ4v) is 3.08. The van der Waals surface area contributed by atoms with E-state index in [2.05, 4.69) is 10.4 Å². The van der Waals surface area contributed by atoms with Crippen LogP contribution in [-0.4, -0.2) is 29.4 Å². The predicted octanol–water partition coefficient (Wildman–Crippen LogP) is 1.21. The van der Waals surface area contributed by atoms with Crippen LogP contribution < -0.4 is 10.9 Å². The van der Waals surface area contributed by atoms with Crippen molar-refractivity contribution in [1.82, 2.24) is 9.78 Å². The maximum absolute atomic E-state index is 12.4. The van der Waals surface area contributed by atoms with E-state index in [0.717, 1.165) is 4.68 Å². The van der Waals surface area contributed by atoms with Gasteiger partial charge in [0.2, 0.25) is 0 Å². The van der Waals surface area contributed by atoms with Crippen molar-refractivity contribution in [2.75, 3.05) is 5.32 Å². The Labute approximate surface area is 133 Å². The zero-order valence-corrected chi connectivity index (χ0v) is 13.8. The molecule has 2 rings (SSSR count). The summed E-state index contributed by atoms with van der Waals surface area (Å²) in [6.45, 7) is 3.14. The highest BCUT2D eigenvalue weighted by atomic mass is 32.2. The Hall–Kier alpha value is -2.48.